The van der Waals surface area contributed by atoms with Crippen LogP contribution in [0.2, 0.25) is 0 Å². The van der Waals surface area contributed by atoms with E-state index in [-0.39, 0.29) is 6.04 Å². The molecule has 7 heteroatoms. The molecule has 0 fully saturated rings. The highest BCUT2D eigenvalue weighted by molar-refractivity contribution is 5.91. The van der Waals surface area contributed by atoms with E-state index in [1.165, 1.54) is 12.7 Å². The summed E-state index contributed by atoms with van der Waals surface area (Å²) in [6.45, 7) is 1.54. The highest BCUT2D eigenvalue weighted by Gasteiger charge is 2.36. The topological polar surface area (TPSA) is 66.5 Å². The molecule has 0 saturated heterocycles. The van der Waals surface area contributed by atoms with Crippen molar-refractivity contribution in [3.8, 4) is 23.0 Å². The van der Waals surface area contributed by atoms with Crippen LogP contribution in [0.1, 0.15) is 38.7 Å². The van der Waals surface area contributed by atoms with E-state index < -0.39 is 5.97 Å². The van der Waals surface area contributed by atoms with Crippen molar-refractivity contribution >= 4 is 5.97 Å². The number of rotatable bonds is 6. The SMILES string of the molecule is COOc1cccc2c1C1Cc3ccc(OC)c(OC(=O)c4ccc(OC)cc4)c3CN1CC2. The molecule has 0 saturated carbocycles. The molecule has 0 spiro atoms. The maximum Gasteiger partial charge on any atom is 0.343 e. The number of carbonyl (C=O) groups excluding carboxylic acids is 1. The van der Waals surface area contributed by atoms with Gasteiger partial charge in [-0.15, -0.1) is 0 Å². The fourth-order valence-corrected chi connectivity index (χ4v) is 4.95. The quantitative estimate of drug-likeness (QED) is 0.231. The number of hydrogen-bond donors (Lipinski definition) is 0. The van der Waals surface area contributed by atoms with E-state index in [4.69, 9.17) is 24.0 Å². The second-order valence-electron chi connectivity index (χ2n) is 8.37. The van der Waals surface area contributed by atoms with Crippen LogP contribution in [-0.2, 0) is 24.3 Å². The summed E-state index contributed by atoms with van der Waals surface area (Å²) < 4.78 is 16.7. The Kier molecular flexibility index (Phi) is 6.13. The van der Waals surface area contributed by atoms with Gasteiger partial charge in [0.25, 0.3) is 0 Å². The molecule has 7 nitrogen and oxygen atoms in total. The lowest BCUT2D eigenvalue weighted by Gasteiger charge is -2.42. The molecule has 0 aliphatic carbocycles. The summed E-state index contributed by atoms with van der Waals surface area (Å²) in [5, 5.41) is 0. The lowest BCUT2D eigenvalue weighted by molar-refractivity contribution is -0.179. The summed E-state index contributed by atoms with van der Waals surface area (Å²) in [5.41, 5.74) is 4.99. The molecule has 5 rings (SSSR count). The molecule has 0 amide bonds. The standard InChI is InChI=1S/C27H27NO6/c1-30-20-10-7-18(8-11-20)27(29)33-26-21-16-28-14-13-17-5-4-6-23(34-32-3)25(17)22(28)15-19(21)9-12-24(26)31-2/h4-12,22H,13-16H2,1-3H3. The lowest BCUT2D eigenvalue weighted by atomic mass is 9.83. The molecule has 3 aromatic rings. The average Bonchev–Trinajstić information content (AvgIpc) is 2.88. The molecule has 0 bridgehead atoms. The third-order valence-corrected chi connectivity index (χ3v) is 6.61. The maximum absolute atomic E-state index is 13.0. The molecule has 2 heterocycles. The summed E-state index contributed by atoms with van der Waals surface area (Å²) in [6, 6.07) is 17.0. The predicted molar refractivity (Wildman–Crippen MR) is 126 cm³/mol. The van der Waals surface area contributed by atoms with Gasteiger partial charge >= 0.3 is 5.97 Å². The molecule has 0 radical (unpaired) electrons. The first-order valence-electron chi connectivity index (χ1n) is 11.2. The largest absolute Gasteiger partial charge is 0.497 e. The van der Waals surface area contributed by atoms with Crippen LogP contribution >= 0.6 is 0 Å². The second kappa shape index (κ2) is 9.37. The maximum atomic E-state index is 13.0. The van der Waals surface area contributed by atoms with Crippen LogP contribution in [0.15, 0.2) is 54.6 Å². The van der Waals surface area contributed by atoms with Crippen molar-refractivity contribution in [3.05, 3.63) is 82.4 Å². The fourth-order valence-electron chi connectivity index (χ4n) is 4.95. The molecular formula is C27H27NO6. The second-order valence-corrected chi connectivity index (χ2v) is 8.37. The Morgan fingerprint density at radius 1 is 0.912 bits per heavy atom. The van der Waals surface area contributed by atoms with E-state index in [0.717, 1.165) is 41.8 Å². The summed E-state index contributed by atoms with van der Waals surface area (Å²) >= 11 is 0. The molecule has 2 aliphatic rings. The van der Waals surface area contributed by atoms with Gasteiger partial charge in [0.2, 0.25) is 0 Å². The van der Waals surface area contributed by atoms with Gasteiger partial charge in [0, 0.05) is 30.3 Å². The molecular weight excluding hydrogens is 434 g/mol. The third-order valence-electron chi connectivity index (χ3n) is 6.61. The first kappa shape index (κ1) is 22.3. The Labute approximate surface area is 198 Å². The summed E-state index contributed by atoms with van der Waals surface area (Å²) in [6.07, 6.45) is 1.68. The summed E-state index contributed by atoms with van der Waals surface area (Å²) in [5.74, 6) is 2.01. The molecule has 1 atom stereocenters. The highest BCUT2D eigenvalue weighted by atomic mass is 17.2. The molecule has 2 aliphatic heterocycles. The number of benzene rings is 3. The molecule has 0 N–H and O–H groups in total. The molecule has 1 unspecified atom stereocenters. The Hall–Kier alpha value is -3.55. The Morgan fingerprint density at radius 3 is 2.47 bits per heavy atom. The zero-order chi connectivity index (χ0) is 23.7. The monoisotopic (exact) mass is 461 g/mol. The number of esters is 1. The van der Waals surface area contributed by atoms with Crippen LogP contribution in [0, 0.1) is 0 Å². The lowest BCUT2D eigenvalue weighted by Crippen LogP contribution is -2.39. The van der Waals surface area contributed by atoms with Crippen molar-refractivity contribution in [1.29, 1.82) is 0 Å². The van der Waals surface area contributed by atoms with Crippen molar-refractivity contribution in [1.82, 2.24) is 4.90 Å². The summed E-state index contributed by atoms with van der Waals surface area (Å²) in [4.78, 5) is 25.9. The fraction of sp³-hybridized carbons (Fsp3) is 0.296. The number of nitrogens with zero attached hydrogens (tertiary/aromatic N) is 1. The van der Waals surface area contributed by atoms with Gasteiger partial charge in [0.15, 0.2) is 17.2 Å². The van der Waals surface area contributed by atoms with Crippen LogP contribution in [0.3, 0.4) is 0 Å². The van der Waals surface area contributed by atoms with Gasteiger partial charge in [0.05, 0.1) is 26.9 Å². The smallest absolute Gasteiger partial charge is 0.343 e. The third kappa shape index (κ3) is 3.97. The van der Waals surface area contributed by atoms with E-state index in [9.17, 15) is 4.79 Å². The Bertz CT molecular complexity index is 1210. The van der Waals surface area contributed by atoms with Crippen LogP contribution in [-0.4, -0.2) is 38.7 Å². The minimum atomic E-state index is -0.434. The number of fused-ring (bicyclic) bond motifs is 4. The van der Waals surface area contributed by atoms with Gasteiger partial charge in [-0.05, 0) is 60.4 Å². The molecule has 3 aromatic carbocycles. The first-order valence-corrected chi connectivity index (χ1v) is 11.2. The van der Waals surface area contributed by atoms with Crippen LogP contribution in [0.4, 0.5) is 0 Å². The van der Waals surface area contributed by atoms with Crippen molar-refractivity contribution in [2.75, 3.05) is 27.9 Å². The molecule has 176 valence electrons. The van der Waals surface area contributed by atoms with E-state index in [0.29, 0.717) is 29.4 Å². The van der Waals surface area contributed by atoms with Gasteiger partial charge in [-0.1, -0.05) is 18.2 Å². The zero-order valence-corrected chi connectivity index (χ0v) is 19.5. The van der Waals surface area contributed by atoms with Gasteiger partial charge in [-0.3, -0.25) is 4.90 Å². The zero-order valence-electron chi connectivity index (χ0n) is 19.5. The number of methoxy groups -OCH3 is 2. The Morgan fingerprint density at radius 2 is 1.74 bits per heavy atom. The Balaban J connectivity index is 1.49. The van der Waals surface area contributed by atoms with Crippen LogP contribution in [0.5, 0.6) is 23.0 Å². The van der Waals surface area contributed by atoms with Crippen molar-refractivity contribution < 1.29 is 28.8 Å². The average molecular weight is 462 g/mol. The van der Waals surface area contributed by atoms with E-state index in [2.05, 4.69) is 17.0 Å². The number of ether oxygens (including phenoxy) is 3. The number of carbonyl (C=O) groups is 1. The van der Waals surface area contributed by atoms with Crippen molar-refractivity contribution in [2.24, 2.45) is 0 Å². The van der Waals surface area contributed by atoms with Crippen LogP contribution in [0.25, 0.3) is 0 Å². The van der Waals surface area contributed by atoms with Crippen molar-refractivity contribution in [2.45, 2.75) is 25.4 Å². The molecule has 0 aromatic heterocycles. The minimum Gasteiger partial charge on any atom is -0.497 e. The van der Waals surface area contributed by atoms with Crippen molar-refractivity contribution in [3.63, 3.8) is 0 Å². The van der Waals surface area contributed by atoms with E-state index >= 15 is 0 Å². The first-order chi connectivity index (χ1) is 16.6. The van der Waals surface area contributed by atoms with Crippen LogP contribution < -0.4 is 19.1 Å². The minimum absolute atomic E-state index is 0.154. The van der Waals surface area contributed by atoms with Gasteiger partial charge < -0.3 is 19.1 Å². The normalized spacial score (nSPS) is 16.6. The van der Waals surface area contributed by atoms with E-state index in [1.807, 2.05) is 18.2 Å². The van der Waals surface area contributed by atoms with Gasteiger partial charge in [0.1, 0.15) is 5.75 Å². The highest BCUT2D eigenvalue weighted by Crippen LogP contribution is 2.46. The van der Waals surface area contributed by atoms with Gasteiger partial charge in [-0.25, -0.2) is 4.79 Å². The summed E-state index contributed by atoms with van der Waals surface area (Å²) in [7, 11) is 4.69. The predicted octanol–water partition coefficient (Wildman–Crippen LogP) is 4.52. The number of hydrogen-bond acceptors (Lipinski definition) is 7. The molecule has 34 heavy (non-hydrogen) atoms. The van der Waals surface area contributed by atoms with Gasteiger partial charge in [-0.2, -0.15) is 4.89 Å². The van der Waals surface area contributed by atoms with E-state index in [1.54, 1.807) is 38.5 Å².